The lowest BCUT2D eigenvalue weighted by molar-refractivity contribution is 0.0169. The molecule has 0 saturated carbocycles. The van der Waals surface area contributed by atoms with Crippen LogP contribution in [0.5, 0.6) is 0 Å². The number of ether oxygens (including phenoxy) is 1. The highest BCUT2D eigenvalue weighted by atomic mass is 16.6. The number of piperidine rings is 1. The molecule has 0 bridgehead atoms. The Morgan fingerprint density at radius 2 is 2.19 bits per heavy atom. The highest BCUT2D eigenvalue weighted by Crippen LogP contribution is 2.20. The van der Waals surface area contributed by atoms with Gasteiger partial charge < -0.3 is 9.64 Å². The number of rotatable bonds is 2. The minimum Gasteiger partial charge on any atom is -0.444 e. The number of likely N-dealkylation sites (tertiary alicyclic amines) is 1. The molecule has 1 aliphatic rings. The lowest BCUT2D eigenvalue weighted by Crippen LogP contribution is -2.42. The molecule has 4 nitrogen and oxygen atoms in total. The van der Waals surface area contributed by atoms with Crippen molar-refractivity contribution in [3.63, 3.8) is 0 Å². The molecule has 1 heterocycles. The van der Waals surface area contributed by atoms with Crippen LogP contribution in [0, 0.1) is 5.92 Å². The van der Waals surface area contributed by atoms with Crippen molar-refractivity contribution in [2.24, 2.45) is 5.92 Å². The van der Waals surface area contributed by atoms with Crippen molar-refractivity contribution in [1.82, 2.24) is 4.90 Å². The van der Waals surface area contributed by atoms with E-state index in [1.54, 1.807) is 4.90 Å². The van der Waals surface area contributed by atoms with Crippen molar-refractivity contribution in [2.75, 3.05) is 13.1 Å². The zero-order valence-corrected chi connectivity index (χ0v) is 10.3. The molecule has 0 aromatic carbocycles. The van der Waals surface area contributed by atoms with E-state index in [1.165, 1.54) is 0 Å². The SMILES string of the molecule is CC(C)(C)OC(=O)N1CCCC(C[C]=O)C1. The molecule has 1 amide bonds. The molecule has 1 fully saturated rings. The molecule has 16 heavy (non-hydrogen) atoms. The highest BCUT2D eigenvalue weighted by molar-refractivity contribution is 5.68. The third-order valence-electron chi connectivity index (χ3n) is 2.54. The van der Waals surface area contributed by atoms with Gasteiger partial charge >= 0.3 is 6.09 Å². The maximum absolute atomic E-state index is 11.8. The Morgan fingerprint density at radius 3 is 2.75 bits per heavy atom. The fourth-order valence-corrected chi connectivity index (χ4v) is 1.84. The van der Waals surface area contributed by atoms with Crippen molar-refractivity contribution < 1.29 is 14.3 Å². The van der Waals surface area contributed by atoms with Crippen LogP contribution in [0.4, 0.5) is 4.79 Å². The molecule has 0 spiro atoms. The summed E-state index contributed by atoms with van der Waals surface area (Å²) < 4.78 is 5.29. The van der Waals surface area contributed by atoms with Gasteiger partial charge in [-0.1, -0.05) is 0 Å². The van der Waals surface area contributed by atoms with E-state index in [0.717, 1.165) is 19.4 Å². The van der Waals surface area contributed by atoms with Gasteiger partial charge in [0, 0.05) is 19.5 Å². The van der Waals surface area contributed by atoms with E-state index < -0.39 is 5.60 Å². The van der Waals surface area contributed by atoms with E-state index in [9.17, 15) is 9.59 Å². The Kier molecular flexibility index (Phi) is 4.33. The maximum Gasteiger partial charge on any atom is 0.410 e. The molecule has 0 aliphatic carbocycles. The van der Waals surface area contributed by atoms with Gasteiger partial charge in [0.05, 0.1) is 0 Å². The minimum atomic E-state index is -0.458. The van der Waals surface area contributed by atoms with Crippen LogP contribution in [-0.4, -0.2) is 36.0 Å². The number of hydrogen-bond donors (Lipinski definition) is 0. The number of nitrogens with zero attached hydrogens (tertiary/aromatic N) is 1. The fraction of sp³-hybridized carbons (Fsp3) is 0.833. The zero-order valence-electron chi connectivity index (χ0n) is 10.3. The second kappa shape index (κ2) is 5.32. The first kappa shape index (κ1) is 13.0. The van der Waals surface area contributed by atoms with E-state index in [4.69, 9.17) is 4.74 Å². The smallest absolute Gasteiger partial charge is 0.410 e. The van der Waals surface area contributed by atoms with Crippen molar-refractivity contribution in [3.05, 3.63) is 0 Å². The van der Waals surface area contributed by atoms with Gasteiger partial charge in [0.15, 0.2) is 6.29 Å². The van der Waals surface area contributed by atoms with Gasteiger partial charge in [-0.2, -0.15) is 0 Å². The Morgan fingerprint density at radius 1 is 1.50 bits per heavy atom. The summed E-state index contributed by atoms with van der Waals surface area (Å²) in [5.41, 5.74) is -0.458. The molecule has 1 saturated heterocycles. The summed E-state index contributed by atoms with van der Waals surface area (Å²) >= 11 is 0. The lowest BCUT2D eigenvalue weighted by Gasteiger charge is -2.33. The Balaban J connectivity index is 2.47. The summed E-state index contributed by atoms with van der Waals surface area (Å²) in [7, 11) is 0. The lowest BCUT2D eigenvalue weighted by atomic mass is 9.96. The van der Waals surface area contributed by atoms with E-state index in [1.807, 2.05) is 27.1 Å². The topological polar surface area (TPSA) is 46.6 Å². The van der Waals surface area contributed by atoms with Crippen LogP contribution in [0.25, 0.3) is 0 Å². The van der Waals surface area contributed by atoms with Gasteiger partial charge in [-0.25, -0.2) is 4.79 Å². The molecule has 1 unspecified atom stereocenters. The van der Waals surface area contributed by atoms with Crippen LogP contribution in [0.1, 0.15) is 40.0 Å². The van der Waals surface area contributed by atoms with Gasteiger partial charge in [-0.15, -0.1) is 0 Å². The Labute approximate surface area is 96.9 Å². The second-order valence-corrected chi connectivity index (χ2v) is 5.28. The van der Waals surface area contributed by atoms with Crippen LogP contribution >= 0.6 is 0 Å². The fourth-order valence-electron chi connectivity index (χ4n) is 1.84. The molecule has 1 rings (SSSR count). The molecule has 1 radical (unpaired) electrons. The van der Waals surface area contributed by atoms with Gasteiger partial charge in [0.1, 0.15) is 5.60 Å². The van der Waals surface area contributed by atoms with Crippen molar-refractivity contribution in [3.8, 4) is 0 Å². The van der Waals surface area contributed by atoms with Crippen molar-refractivity contribution >= 4 is 12.4 Å². The normalized spacial score (nSPS) is 21.7. The predicted molar refractivity (Wildman–Crippen MR) is 60.8 cm³/mol. The first-order valence-corrected chi connectivity index (χ1v) is 5.75. The molecule has 0 N–H and O–H groups in total. The Bertz CT molecular complexity index is 257. The van der Waals surface area contributed by atoms with Gasteiger partial charge in [0.2, 0.25) is 0 Å². The van der Waals surface area contributed by atoms with E-state index in [-0.39, 0.29) is 12.0 Å². The van der Waals surface area contributed by atoms with Crippen molar-refractivity contribution in [1.29, 1.82) is 0 Å². The van der Waals surface area contributed by atoms with Crippen LogP contribution in [0.15, 0.2) is 0 Å². The maximum atomic E-state index is 11.8. The van der Waals surface area contributed by atoms with Crippen LogP contribution < -0.4 is 0 Å². The molecule has 0 aromatic rings. The first-order valence-electron chi connectivity index (χ1n) is 5.75. The molecule has 0 aromatic heterocycles. The number of carbonyl (C=O) groups excluding carboxylic acids is 2. The predicted octanol–water partition coefficient (Wildman–Crippen LogP) is 2.13. The molecule has 1 atom stereocenters. The summed E-state index contributed by atoms with van der Waals surface area (Å²) in [6.07, 6.45) is 3.99. The third kappa shape index (κ3) is 4.21. The standard InChI is InChI=1S/C12H20NO3/c1-12(2,3)16-11(15)13-7-4-5-10(9-13)6-8-14/h10H,4-7,9H2,1-3H3. The number of hydrogen-bond acceptors (Lipinski definition) is 3. The van der Waals surface area contributed by atoms with Gasteiger partial charge in [-0.05, 0) is 39.5 Å². The van der Waals surface area contributed by atoms with Crippen LogP contribution in [0.3, 0.4) is 0 Å². The molecular weight excluding hydrogens is 206 g/mol. The number of amides is 1. The average molecular weight is 226 g/mol. The van der Waals surface area contributed by atoms with Crippen LogP contribution in [-0.2, 0) is 9.53 Å². The summed E-state index contributed by atoms with van der Waals surface area (Å²) in [4.78, 5) is 23.8. The molecule has 91 valence electrons. The monoisotopic (exact) mass is 226 g/mol. The van der Waals surface area contributed by atoms with Crippen LogP contribution in [0.2, 0.25) is 0 Å². The zero-order chi connectivity index (χ0) is 12.2. The summed E-state index contributed by atoms with van der Waals surface area (Å²) in [6, 6.07) is 0. The quantitative estimate of drug-likeness (QED) is 0.724. The number of carbonyl (C=O) groups is 1. The minimum absolute atomic E-state index is 0.249. The second-order valence-electron chi connectivity index (χ2n) is 5.28. The largest absolute Gasteiger partial charge is 0.444 e. The Hall–Kier alpha value is -1.06. The first-order chi connectivity index (χ1) is 7.42. The highest BCUT2D eigenvalue weighted by Gasteiger charge is 2.27. The summed E-state index contributed by atoms with van der Waals surface area (Å²) in [5.74, 6) is 0.249. The summed E-state index contributed by atoms with van der Waals surface area (Å²) in [5, 5.41) is 0. The third-order valence-corrected chi connectivity index (χ3v) is 2.54. The molecule has 4 heteroatoms. The molecule has 1 aliphatic heterocycles. The van der Waals surface area contributed by atoms with E-state index in [0.29, 0.717) is 13.0 Å². The average Bonchev–Trinajstić information content (AvgIpc) is 2.16. The van der Waals surface area contributed by atoms with E-state index >= 15 is 0 Å². The van der Waals surface area contributed by atoms with Gasteiger partial charge in [-0.3, -0.25) is 4.79 Å². The van der Waals surface area contributed by atoms with Crippen molar-refractivity contribution in [2.45, 2.75) is 45.6 Å². The summed E-state index contributed by atoms with van der Waals surface area (Å²) in [6.45, 7) is 6.90. The van der Waals surface area contributed by atoms with E-state index in [2.05, 4.69) is 0 Å². The molecular formula is C12H20NO3. The van der Waals surface area contributed by atoms with Gasteiger partial charge in [0.25, 0.3) is 0 Å².